The second-order valence-corrected chi connectivity index (χ2v) is 3.25. The lowest BCUT2D eigenvalue weighted by molar-refractivity contribution is -0.140. The van der Waals surface area contributed by atoms with Crippen molar-refractivity contribution in [1.82, 2.24) is 0 Å². The van der Waals surface area contributed by atoms with Gasteiger partial charge in [0.25, 0.3) is 0 Å². The monoisotopic (exact) mass is 224 g/mol. The van der Waals surface area contributed by atoms with E-state index in [0.29, 0.717) is 24.4 Å². The maximum atomic E-state index is 10.9. The van der Waals surface area contributed by atoms with Crippen molar-refractivity contribution in [2.75, 3.05) is 31.8 Å². The third kappa shape index (κ3) is 3.68. The molecule has 5 heteroatoms. The summed E-state index contributed by atoms with van der Waals surface area (Å²) in [6.45, 7) is 0.499. The van der Waals surface area contributed by atoms with E-state index < -0.39 is 0 Å². The summed E-state index contributed by atoms with van der Waals surface area (Å²) < 4.78 is 9.60. The third-order valence-corrected chi connectivity index (χ3v) is 2.05. The minimum atomic E-state index is -0.247. The number of anilines is 2. The molecule has 0 radical (unpaired) electrons. The summed E-state index contributed by atoms with van der Waals surface area (Å²) in [6.07, 6.45) is 0.313. The summed E-state index contributed by atoms with van der Waals surface area (Å²) in [6, 6.07) is 5.32. The Morgan fingerprint density at radius 3 is 2.75 bits per heavy atom. The van der Waals surface area contributed by atoms with Crippen LogP contribution >= 0.6 is 0 Å². The molecule has 0 aromatic heterocycles. The molecule has 0 aliphatic heterocycles. The molecule has 0 saturated heterocycles. The van der Waals surface area contributed by atoms with E-state index in [-0.39, 0.29) is 5.97 Å². The van der Waals surface area contributed by atoms with Crippen LogP contribution in [0.3, 0.4) is 0 Å². The molecule has 0 heterocycles. The van der Waals surface area contributed by atoms with Crippen molar-refractivity contribution in [2.45, 2.75) is 6.42 Å². The van der Waals surface area contributed by atoms with Crippen molar-refractivity contribution in [2.24, 2.45) is 0 Å². The van der Waals surface area contributed by atoms with Crippen LogP contribution in [0.15, 0.2) is 18.2 Å². The number of rotatable bonds is 5. The number of hydrogen-bond acceptors (Lipinski definition) is 5. The van der Waals surface area contributed by atoms with Gasteiger partial charge in [0, 0.05) is 30.1 Å². The van der Waals surface area contributed by atoms with Crippen LogP contribution in [-0.2, 0) is 9.53 Å². The third-order valence-electron chi connectivity index (χ3n) is 2.05. The van der Waals surface area contributed by atoms with Crippen LogP contribution < -0.4 is 15.8 Å². The number of ether oxygens (including phenoxy) is 2. The summed E-state index contributed by atoms with van der Waals surface area (Å²) in [7, 11) is 2.94. The highest BCUT2D eigenvalue weighted by molar-refractivity contribution is 5.70. The van der Waals surface area contributed by atoms with Gasteiger partial charge >= 0.3 is 5.97 Å². The molecule has 1 aromatic rings. The van der Waals surface area contributed by atoms with Crippen molar-refractivity contribution in [3.8, 4) is 5.75 Å². The molecule has 16 heavy (non-hydrogen) atoms. The normalized spacial score (nSPS) is 9.62. The molecular formula is C11H16N2O3. The Morgan fingerprint density at radius 2 is 2.12 bits per heavy atom. The number of carbonyl (C=O) groups is 1. The predicted octanol–water partition coefficient (Wildman–Crippen LogP) is 1.25. The molecule has 0 spiro atoms. The van der Waals surface area contributed by atoms with Crippen LogP contribution in [0.1, 0.15) is 6.42 Å². The van der Waals surface area contributed by atoms with Crippen molar-refractivity contribution in [1.29, 1.82) is 0 Å². The number of esters is 1. The lowest BCUT2D eigenvalue weighted by Crippen LogP contribution is -2.09. The molecule has 0 aliphatic rings. The minimum absolute atomic E-state index is 0.247. The Labute approximate surface area is 94.5 Å². The summed E-state index contributed by atoms with van der Waals surface area (Å²) in [5.41, 5.74) is 7.11. The fraction of sp³-hybridized carbons (Fsp3) is 0.364. The van der Waals surface area contributed by atoms with Crippen LogP contribution in [0.4, 0.5) is 11.4 Å². The smallest absolute Gasteiger partial charge is 0.307 e. The maximum absolute atomic E-state index is 10.9. The fourth-order valence-electron chi connectivity index (χ4n) is 1.25. The summed E-state index contributed by atoms with van der Waals surface area (Å²) in [5, 5.41) is 3.06. The van der Waals surface area contributed by atoms with Gasteiger partial charge in [-0.05, 0) is 6.07 Å². The fourth-order valence-corrected chi connectivity index (χ4v) is 1.25. The van der Waals surface area contributed by atoms with Crippen LogP contribution in [0.25, 0.3) is 0 Å². The molecule has 5 nitrogen and oxygen atoms in total. The lowest BCUT2D eigenvalue weighted by Gasteiger charge is -2.08. The molecule has 0 atom stereocenters. The van der Waals surface area contributed by atoms with Crippen LogP contribution in [0.5, 0.6) is 5.75 Å². The minimum Gasteiger partial charge on any atom is -0.497 e. The second kappa shape index (κ2) is 5.85. The van der Waals surface area contributed by atoms with Gasteiger partial charge < -0.3 is 20.5 Å². The molecule has 88 valence electrons. The molecule has 1 rings (SSSR count). The van der Waals surface area contributed by atoms with Crippen molar-refractivity contribution >= 4 is 17.3 Å². The number of nitrogens with one attached hydrogen (secondary N) is 1. The van der Waals surface area contributed by atoms with Gasteiger partial charge in [-0.15, -0.1) is 0 Å². The number of hydrogen-bond donors (Lipinski definition) is 2. The van der Waals surface area contributed by atoms with Gasteiger partial charge in [-0.25, -0.2) is 0 Å². The van der Waals surface area contributed by atoms with Gasteiger partial charge in [-0.2, -0.15) is 0 Å². The van der Waals surface area contributed by atoms with Gasteiger partial charge in [-0.3, -0.25) is 4.79 Å². The highest BCUT2D eigenvalue weighted by Gasteiger charge is 2.01. The predicted molar refractivity (Wildman–Crippen MR) is 62.5 cm³/mol. The number of benzene rings is 1. The number of nitrogen functional groups attached to an aromatic ring is 1. The van der Waals surface area contributed by atoms with E-state index in [9.17, 15) is 4.79 Å². The number of nitrogens with two attached hydrogens (primary N) is 1. The van der Waals surface area contributed by atoms with Gasteiger partial charge in [0.2, 0.25) is 0 Å². The molecule has 0 bridgehead atoms. The second-order valence-electron chi connectivity index (χ2n) is 3.25. The quantitative estimate of drug-likeness (QED) is 0.581. The number of methoxy groups -OCH3 is 2. The maximum Gasteiger partial charge on any atom is 0.307 e. The summed E-state index contributed by atoms with van der Waals surface area (Å²) >= 11 is 0. The Hall–Kier alpha value is -1.91. The molecule has 0 fully saturated rings. The van der Waals surface area contributed by atoms with E-state index >= 15 is 0 Å². The topological polar surface area (TPSA) is 73.6 Å². The summed E-state index contributed by atoms with van der Waals surface area (Å²) in [4.78, 5) is 10.9. The van der Waals surface area contributed by atoms with E-state index in [1.807, 2.05) is 6.07 Å². The standard InChI is InChI=1S/C11H16N2O3/c1-15-10-6-8(12)5-9(7-10)13-4-3-11(14)16-2/h5-7,13H,3-4,12H2,1-2H3. The largest absolute Gasteiger partial charge is 0.497 e. The summed E-state index contributed by atoms with van der Waals surface area (Å²) in [5.74, 6) is 0.434. The van der Waals surface area contributed by atoms with E-state index in [1.54, 1.807) is 19.2 Å². The molecule has 3 N–H and O–H groups in total. The van der Waals surface area contributed by atoms with Gasteiger partial charge in [-0.1, -0.05) is 0 Å². The van der Waals surface area contributed by atoms with Gasteiger partial charge in [0.05, 0.1) is 20.6 Å². The molecule has 1 aromatic carbocycles. The number of carbonyl (C=O) groups excluding carboxylic acids is 1. The molecule has 0 aliphatic carbocycles. The van der Waals surface area contributed by atoms with Gasteiger partial charge in [0.15, 0.2) is 0 Å². The van der Waals surface area contributed by atoms with E-state index in [1.165, 1.54) is 7.11 Å². The molecular weight excluding hydrogens is 208 g/mol. The van der Waals surface area contributed by atoms with Crippen LogP contribution in [-0.4, -0.2) is 26.7 Å². The highest BCUT2D eigenvalue weighted by Crippen LogP contribution is 2.21. The van der Waals surface area contributed by atoms with Crippen LogP contribution in [0, 0.1) is 0 Å². The van der Waals surface area contributed by atoms with Crippen molar-refractivity contribution < 1.29 is 14.3 Å². The Balaban J connectivity index is 2.53. The Bertz CT molecular complexity index is 366. The average Bonchev–Trinajstić information content (AvgIpc) is 2.28. The Morgan fingerprint density at radius 1 is 1.38 bits per heavy atom. The van der Waals surface area contributed by atoms with Crippen LogP contribution in [0.2, 0.25) is 0 Å². The van der Waals surface area contributed by atoms with Crippen molar-refractivity contribution in [3.63, 3.8) is 0 Å². The SMILES string of the molecule is COC(=O)CCNc1cc(N)cc(OC)c1. The molecule has 0 saturated carbocycles. The zero-order chi connectivity index (χ0) is 12.0. The molecule has 0 amide bonds. The molecule has 0 unspecified atom stereocenters. The van der Waals surface area contributed by atoms with E-state index in [4.69, 9.17) is 10.5 Å². The van der Waals surface area contributed by atoms with E-state index in [2.05, 4.69) is 10.1 Å². The zero-order valence-electron chi connectivity index (χ0n) is 9.45. The van der Waals surface area contributed by atoms with Gasteiger partial charge in [0.1, 0.15) is 5.75 Å². The lowest BCUT2D eigenvalue weighted by atomic mass is 10.2. The average molecular weight is 224 g/mol. The highest BCUT2D eigenvalue weighted by atomic mass is 16.5. The van der Waals surface area contributed by atoms with Crippen molar-refractivity contribution in [3.05, 3.63) is 18.2 Å². The zero-order valence-corrected chi connectivity index (χ0v) is 9.45. The first kappa shape index (κ1) is 12.2. The first-order chi connectivity index (χ1) is 7.65. The van der Waals surface area contributed by atoms with E-state index in [0.717, 1.165) is 5.69 Å². The Kier molecular flexibility index (Phi) is 4.44. The first-order valence-electron chi connectivity index (χ1n) is 4.91. The first-order valence-corrected chi connectivity index (χ1v) is 4.91.